The van der Waals surface area contributed by atoms with Crippen molar-refractivity contribution in [2.75, 3.05) is 13.2 Å². The molecule has 0 unspecified atom stereocenters. The molecule has 0 saturated carbocycles. The highest BCUT2D eigenvalue weighted by Crippen LogP contribution is 2.44. The molecule has 0 bridgehead atoms. The van der Waals surface area contributed by atoms with E-state index in [2.05, 4.69) is 0 Å². The van der Waals surface area contributed by atoms with Crippen LogP contribution in [0.4, 0.5) is 0 Å². The van der Waals surface area contributed by atoms with E-state index in [-0.39, 0.29) is 24.3 Å². The van der Waals surface area contributed by atoms with Crippen LogP contribution in [0.15, 0.2) is 36.4 Å². The second-order valence-electron chi connectivity index (χ2n) is 4.24. The summed E-state index contributed by atoms with van der Waals surface area (Å²) in [6.07, 6.45) is 0. The minimum atomic E-state index is -0.825. The highest BCUT2D eigenvalue weighted by Gasteiger charge is 2.23. The topological polar surface area (TPSA) is 107 Å². The van der Waals surface area contributed by atoms with Gasteiger partial charge in [0.25, 0.3) is 0 Å². The largest absolute Gasteiger partial charge is 0.504 e. The molecule has 0 atom stereocenters. The van der Waals surface area contributed by atoms with Crippen LogP contribution in [0.3, 0.4) is 0 Å². The Morgan fingerprint density at radius 3 is 2.33 bits per heavy atom. The Hall–Kier alpha value is -2.73. The molecule has 0 fully saturated rings. The number of phenolic OH excluding ortho intramolecular Hbond substituents is 3. The average molecular weight is 290 g/mol. The van der Waals surface area contributed by atoms with Crippen LogP contribution in [-0.2, 0) is 4.74 Å². The van der Waals surface area contributed by atoms with Crippen LogP contribution in [0.5, 0.6) is 17.2 Å². The first-order chi connectivity index (χ1) is 10.1. The number of benzene rings is 2. The molecule has 0 radical (unpaired) electrons. The van der Waals surface area contributed by atoms with Crippen molar-refractivity contribution in [1.29, 1.82) is 0 Å². The van der Waals surface area contributed by atoms with E-state index in [9.17, 15) is 20.1 Å². The number of rotatable bonds is 4. The van der Waals surface area contributed by atoms with Crippen molar-refractivity contribution in [2.45, 2.75) is 0 Å². The smallest absolute Gasteiger partial charge is 0.339 e. The van der Waals surface area contributed by atoms with E-state index >= 15 is 0 Å². The number of aliphatic hydroxyl groups excluding tert-OH is 1. The molecule has 0 saturated heterocycles. The van der Waals surface area contributed by atoms with Crippen LogP contribution in [0.25, 0.3) is 11.1 Å². The first kappa shape index (κ1) is 14.7. The molecule has 0 aliphatic carbocycles. The van der Waals surface area contributed by atoms with Gasteiger partial charge in [-0.2, -0.15) is 0 Å². The van der Waals surface area contributed by atoms with Gasteiger partial charge in [0.15, 0.2) is 11.5 Å². The second kappa shape index (κ2) is 6.15. The standard InChI is InChI=1S/C15H14O6/c16-6-7-21-15(20)10-8-11(17)13(18)14(19)12(10)9-4-2-1-3-5-9/h1-5,8,16-19H,6-7H2. The molecule has 2 aromatic rings. The Kier molecular flexibility index (Phi) is 4.30. The third kappa shape index (κ3) is 2.90. The zero-order valence-corrected chi connectivity index (χ0v) is 11.0. The molecule has 21 heavy (non-hydrogen) atoms. The number of carbonyl (C=O) groups is 1. The summed E-state index contributed by atoms with van der Waals surface area (Å²) < 4.78 is 4.80. The Labute approximate surface area is 120 Å². The number of hydrogen-bond acceptors (Lipinski definition) is 6. The lowest BCUT2D eigenvalue weighted by atomic mass is 9.97. The molecular formula is C15H14O6. The van der Waals surface area contributed by atoms with Crippen molar-refractivity contribution >= 4 is 5.97 Å². The van der Waals surface area contributed by atoms with E-state index in [1.54, 1.807) is 30.3 Å². The van der Waals surface area contributed by atoms with Gasteiger partial charge in [0, 0.05) is 5.56 Å². The first-order valence-electron chi connectivity index (χ1n) is 6.17. The van der Waals surface area contributed by atoms with E-state index in [0.29, 0.717) is 5.56 Å². The van der Waals surface area contributed by atoms with Gasteiger partial charge in [0.1, 0.15) is 6.61 Å². The first-order valence-corrected chi connectivity index (χ1v) is 6.17. The molecule has 0 aliphatic rings. The lowest BCUT2D eigenvalue weighted by Gasteiger charge is -2.13. The van der Waals surface area contributed by atoms with Gasteiger partial charge in [-0.05, 0) is 11.6 Å². The summed E-state index contributed by atoms with van der Waals surface area (Å²) in [4.78, 5) is 12.0. The van der Waals surface area contributed by atoms with Crippen molar-refractivity contribution in [2.24, 2.45) is 0 Å². The summed E-state index contributed by atoms with van der Waals surface area (Å²) in [5.74, 6) is -2.79. The predicted octanol–water partition coefficient (Wildman–Crippen LogP) is 1.62. The highest BCUT2D eigenvalue weighted by atomic mass is 16.5. The maximum Gasteiger partial charge on any atom is 0.339 e. The Bertz CT molecular complexity index is 651. The normalized spacial score (nSPS) is 10.3. The van der Waals surface area contributed by atoms with Gasteiger partial charge in [-0.1, -0.05) is 30.3 Å². The third-order valence-corrected chi connectivity index (χ3v) is 2.86. The van der Waals surface area contributed by atoms with E-state index in [4.69, 9.17) is 9.84 Å². The summed E-state index contributed by atoms with van der Waals surface area (Å²) >= 11 is 0. The quantitative estimate of drug-likeness (QED) is 0.503. The monoisotopic (exact) mass is 290 g/mol. The molecule has 0 heterocycles. The van der Waals surface area contributed by atoms with Gasteiger partial charge in [0.05, 0.1) is 12.2 Å². The number of aliphatic hydroxyl groups is 1. The summed E-state index contributed by atoms with van der Waals surface area (Å²) in [6, 6.07) is 9.42. The lowest BCUT2D eigenvalue weighted by molar-refractivity contribution is 0.0434. The molecule has 0 amide bonds. The SMILES string of the molecule is O=C(OCCO)c1cc(O)c(O)c(O)c1-c1ccccc1. The average Bonchev–Trinajstić information content (AvgIpc) is 2.50. The molecule has 6 heteroatoms. The van der Waals surface area contributed by atoms with Crippen LogP contribution in [0, 0.1) is 0 Å². The molecule has 0 aromatic heterocycles. The van der Waals surface area contributed by atoms with E-state index in [1.165, 1.54) is 0 Å². The molecular weight excluding hydrogens is 276 g/mol. The number of aromatic hydroxyl groups is 3. The Balaban J connectivity index is 2.61. The zero-order valence-electron chi connectivity index (χ0n) is 11.0. The number of ether oxygens (including phenoxy) is 1. The minimum Gasteiger partial charge on any atom is -0.504 e. The van der Waals surface area contributed by atoms with Crippen LogP contribution in [-0.4, -0.2) is 39.6 Å². The number of phenols is 3. The number of hydrogen-bond donors (Lipinski definition) is 4. The number of esters is 1. The van der Waals surface area contributed by atoms with Gasteiger partial charge in [0.2, 0.25) is 5.75 Å². The van der Waals surface area contributed by atoms with Crippen molar-refractivity contribution < 1.29 is 30.0 Å². The van der Waals surface area contributed by atoms with E-state index in [0.717, 1.165) is 6.07 Å². The maximum absolute atomic E-state index is 12.0. The molecule has 0 spiro atoms. The van der Waals surface area contributed by atoms with Crippen molar-refractivity contribution in [3.8, 4) is 28.4 Å². The van der Waals surface area contributed by atoms with E-state index in [1.807, 2.05) is 0 Å². The van der Waals surface area contributed by atoms with Gasteiger partial charge in [-0.25, -0.2) is 4.79 Å². The summed E-state index contributed by atoms with van der Waals surface area (Å²) in [5.41, 5.74) is 0.414. The molecule has 2 aromatic carbocycles. The van der Waals surface area contributed by atoms with Gasteiger partial charge in [-0.3, -0.25) is 0 Å². The molecule has 6 nitrogen and oxygen atoms in total. The van der Waals surface area contributed by atoms with Crippen molar-refractivity contribution in [1.82, 2.24) is 0 Å². The predicted molar refractivity (Wildman–Crippen MR) is 74.2 cm³/mol. The van der Waals surface area contributed by atoms with Crippen LogP contribution >= 0.6 is 0 Å². The molecule has 110 valence electrons. The van der Waals surface area contributed by atoms with Crippen molar-refractivity contribution in [3.05, 3.63) is 42.0 Å². The summed E-state index contributed by atoms with van der Waals surface area (Å²) in [5, 5.41) is 37.9. The van der Waals surface area contributed by atoms with Gasteiger partial charge >= 0.3 is 5.97 Å². The van der Waals surface area contributed by atoms with Gasteiger partial charge < -0.3 is 25.2 Å². The van der Waals surface area contributed by atoms with Crippen LogP contribution in [0.1, 0.15) is 10.4 Å². The molecule has 2 rings (SSSR count). The Morgan fingerprint density at radius 2 is 1.71 bits per heavy atom. The maximum atomic E-state index is 12.0. The van der Waals surface area contributed by atoms with E-state index < -0.39 is 23.2 Å². The van der Waals surface area contributed by atoms with Gasteiger partial charge in [-0.15, -0.1) is 0 Å². The Morgan fingerprint density at radius 1 is 1.05 bits per heavy atom. The fourth-order valence-corrected chi connectivity index (χ4v) is 1.92. The molecule has 0 aliphatic heterocycles. The molecule has 4 N–H and O–H groups in total. The second-order valence-corrected chi connectivity index (χ2v) is 4.24. The minimum absolute atomic E-state index is 0.0499. The number of carbonyl (C=O) groups excluding carboxylic acids is 1. The highest BCUT2D eigenvalue weighted by molar-refractivity contribution is 6.00. The fourth-order valence-electron chi connectivity index (χ4n) is 1.92. The van der Waals surface area contributed by atoms with Crippen LogP contribution in [0.2, 0.25) is 0 Å². The summed E-state index contributed by atoms with van der Waals surface area (Å²) in [6.45, 7) is -0.558. The lowest BCUT2D eigenvalue weighted by Crippen LogP contribution is -2.10. The fraction of sp³-hybridized carbons (Fsp3) is 0.133. The van der Waals surface area contributed by atoms with Crippen molar-refractivity contribution in [3.63, 3.8) is 0 Å². The third-order valence-electron chi connectivity index (χ3n) is 2.86. The summed E-state index contributed by atoms with van der Waals surface area (Å²) in [7, 11) is 0. The zero-order chi connectivity index (χ0) is 15.4. The van der Waals surface area contributed by atoms with Crippen LogP contribution < -0.4 is 0 Å².